The summed E-state index contributed by atoms with van der Waals surface area (Å²) in [5.74, 6) is 1.56. The lowest BCUT2D eigenvalue weighted by Gasteiger charge is -2.18. The van der Waals surface area contributed by atoms with Crippen molar-refractivity contribution < 1.29 is 9.47 Å². The normalized spacial score (nSPS) is 12.0. The number of benzene rings is 2. The molecule has 0 bridgehead atoms. The third kappa shape index (κ3) is 4.13. The highest BCUT2D eigenvalue weighted by Gasteiger charge is 2.13. The molecular weight excluding hydrogens is 286 g/mol. The summed E-state index contributed by atoms with van der Waals surface area (Å²) in [6.45, 7) is 4.91. The van der Waals surface area contributed by atoms with Crippen LogP contribution in [-0.2, 0) is 0 Å². The fourth-order valence-electron chi connectivity index (χ4n) is 2.07. The van der Waals surface area contributed by atoms with E-state index in [-0.39, 0.29) is 6.04 Å². The van der Waals surface area contributed by atoms with E-state index in [2.05, 4.69) is 0 Å². The van der Waals surface area contributed by atoms with Crippen molar-refractivity contribution in [3.05, 3.63) is 58.6 Å². The third-order valence-electron chi connectivity index (χ3n) is 3.19. The largest absolute Gasteiger partial charge is 0.494 e. The van der Waals surface area contributed by atoms with E-state index in [0.29, 0.717) is 18.2 Å². The maximum Gasteiger partial charge on any atom is 0.124 e. The van der Waals surface area contributed by atoms with Gasteiger partial charge in [-0.15, -0.1) is 0 Å². The summed E-state index contributed by atoms with van der Waals surface area (Å²) in [6, 6.07) is 13.1. The van der Waals surface area contributed by atoms with Gasteiger partial charge in [-0.1, -0.05) is 35.9 Å². The molecule has 2 aromatic carbocycles. The highest BCUT2D eigenvalue weighted by Crippen LogP contribution is 2.26. The number of ether oxygens (including phenoxy) is 2. The SMILES string of the molecule is CCOc1ccccc1C(N)COc1cc(Cl)ccc1C. The van der Waals surface area contributed by atoms with Crippen molar-refractivity contribution in [2.45, 2.75) is 19.9 Å². The Morgan fingerprint density at radius 3 is 2.62 bits per heavy atom. The molecule has 1 atom stereocenters. The summed E-state index contributed by atoms with van der Waals surface area (Å²) in [5, 5.41) is 0.652. The van der Waals surface area contributed by atoms with E-state index < -0.39 is 0 Å². The fraction of sp³-hybridized carbons (Fsp3) is 0.294. The van der Waals surface area contributed by atoms with Gasteiger partial charge >= 0.3 is 0 Å². The Labute approximate surface area is 130 Å². The first-order valence-corrected chi connectivity index (χ1v) is 7.36. The molecule has 0 spiro atoms. The lowest BCUT2D eigenvalue weighted by molar-refractivity contribution is 0.280. The molecule has 0 aliphatic carbocycles. The van der Waals surface area contributed by atoms with Crippen LogP contribution in [0.1, 0.15) is 24.1 Å². The Bertz CT molecular complexity index is 601. The molecule has 0 fully saturated rings. The van der Waals surface area contributed by atoms with Crippen LogP contribution < -0.4 is 15.2 Å². The van der Waals surface area contributed by atoms with E-state index in [4.69, 9.17) is 26.8 Å². The van der Waals surface area contributed by atoms with E-state index in [9.17, 15) is 0 Å². The van der Waals surface area contributed by atoms with Crippen LogP contribution in [0.4, 0.5) is 0 Å². The molecule has 112 valence electrons. The molecule has 2 aromatic rings. The summed E-state index contributed by atoms with van der Waals surface area (Å²) in [7, 11) is 0. The molecule has 0 radical (unpaired) electrons. The third-order valence-corrected chi connectivity index (χ3v) is 3.42. The van der Waals surface area contributed by atoms with Gasteiger partial charge in [0.1, 0.15) is 18.1 Å². The van der Waals surface area contributed by atoms with Gasteiger partial charge in [0.15, 0.2) is 0 Å². The lowest BCUT2D eigenvalue weighted by Crippen LogP contribution is -2.20. The Kier molecular flexibility index (Phi) is 5.48. The topological polar surface area (TPSA) is 44.5 Å². The molecule has 0 aliphatic rings. The van der Waals surface area contributed by atoms with Gasteiger partial charge in [0.05, 0.1) is 12.6 Å². The zero-order chi connectivity index (χ0) is 15.2. The number of aryl methyl sites for hydroxylation is 1. The van der Waals surface area contributed by atoms with Gasteiger partial charge in [0.2, 0.25) is 0 Å². The molecule has 1 unspecified atom stereocenters. The van der Waals surface area contributed by atoms with Crippen molar-refractivity contribution >= 4 is 11.6 Å². The molecular formula is C17H20ClNO2. The van der Waals surface area contributed by atoms with Gasteiger partial charge in [-0.25, -0.2) is 0 Å². The van der Waals surface area contributed by atoms with E-state index >= 15 is 0 Å². The van der Waals surface area contributed by atoms with Crippen molar-refractivity contribution in [2.24, 2.45) is 5.73 Å². The van der Waals surface area contributed by atoms with Gasteiger partial charge in [-0.05, 0) is 37.6 Å². The predicted molar refractivity (Wildman–Crippen MR) is 86.2 cm³/mol. The monoisotopic (exact) mass is 305 g/mol. The number of halogens is 1. The second-order valence-electron chi connectivity index (χ2n) is 4.80. The highest BCUT2D eigenvalue weighted by molar-refractivity contribution is 6.30. The highest BCUT2D eigenvalue weighted by atomic mass is 35.5. The van der Waals surface area contributed by atoms with Crippen LogP contribution in [0.3, 0.4) is 0 Å². The van der Waals surface area contributed by atoms with Crippen LogP contribution >= 0.6 is 11.6 Å². The van der Waals surface area contributed by atoms with Gasteiger partial charge in [-0.2, -0.15) is 0 Å². The summed E-state index contributed by atoms with van der Waals surface area (Å²) in [4.78, 5) is 0. The van der Waals surface area contributed by atoms with Crippen LogP contribution in [0.2, 0.25) is 5.02 Å². The lowest BCUT2D eigenvalue weighted by atomic mass is 10.1. The molecule has 0 saturated carbocycles. The molecule has 0 aromatic heterocycles. The first-order valence-electron chi connectivity index (χ1n) is 6.98. The van der Waals surface area contributed by atoms with Crippen LogP contribution in [0, 0.1) is 6.92 Å². The molecule has 0 aliphatic heterocycles. The summed E-state index contributed by atoms with van der Waals surface area (Å²) in [5.41, 5.74) is 8.20. The van der Waals surface area contributed by atoms with E-state index in [1.54, 1.807) is 6.07 Å². The fourth-order valence-corrected chi connectivity index (χ4v) is 2.23. The van der Waals surface area contributed by atoms with Crippen LogP contribution in [0.25, 0.3) is 0 Å². The molecule has 4 heteroatoms. The minimum atomic E-state index is -0.258. The van der Waals surface area contributed by atoms with Crippen molar-refractivity contribution in [3.63, 3.8) is 0 Å². The quantitative estimate of drug-likeness (QED) is 0.873. The molecule has 2 N–H and O–H groups in total. The smallest absolute Gasteiger partial charge is 0.124 e. The number of hydrogen-bond donors (Lipinski definition) is 1. The van der Waals surface area contributed by atoms with Gasteiger partial charge in [0.25, 0.3) is 0 Å². The molecule has 0 heterocycles. The standard InChI is InChI=1S/C17H20ClNO2/c1-3-20-16-7-5-4-6-14(16)15(19)11-21-17-10-13(18)9-8-12(17)2/h4-10,15H,3,11,19H2,1-2H3. The second-order valence-corrected chi connectivity index (χ2v) is 5.23. The first-order chi connectivity index (χ1) is 10.1. The van der Waals surface area contributed by atoms with Gasteiger partial charge in [0, 0.05) is 10.6 Å². The van der Waals surface area contributed by atoms with Crippen molar-refractivity contribution in [1.82, 2.24) is 0 Å². The molecule has 0 amide bonds. The zero-order valence-corrected chi connectivity index (χ0v) is 13.1. The number of hydrogen-bond acceptors (Lipinski definition) is 3. The van der Waals surface area contributed by atoms with Crippen LogP contribution in [-0.4, -0.2) is 13.2 Å². The molecule has 2 rings (SSSR count). The van der Waals surface area contributed by atoms with Crippen LogP contribution in [0.15, 0.2) is 42.5 Å². The van der Waals surface area contributed by atoms with Gasteiger partial charge in [-0.3, -0.25) is 0 Å². The maximum atomic E-state index is 6.22. The predicted octanol–water partition coefficient (Wildman–Crippen LogP) is 4.13. The Morgan fingerprint density at radius 1 is 1.10 bits per heavy atom. The number of para-hydroxylation sites is 1. The zero-order valence-electron chi connectivity index (χ0n) is 12.3. The Hall–Kier alpha value is -1.71. The minimum Gasteiger partial charge on any atom is -0.494 e. The summed E-state index contributed by atoms with van der Waals surface area (Å²) >= 11 is 5.98. The average Bonchev–Trinajstić information content (AvgIpc) is 2.49. The maximum absolute atomic E-state index is 6.22. The van der Waals surface area contributed by atoms with Crippen molar-refractivity contribution in [2.75, 3.05) is 13.2 Å². The van der Waals surface area contributed by atoms with E-state index in [1.807, 2.05) is 50.2 Å². The number of nitrogens with two attached hydrogens (primary N) is 1. The van der Waals surface area contributed by atoms with Gasteiger partial charge < -0.3 is 15.2 Å². The Balaban J connectivity index is 2.08. The Morgan fingerprint density at radius 2 is 1.86 bits per heavy atom. The van der Waals surface area contributed by atoms with Crippen molar-refractivity contribution in [1.29, 1.82) is 0 Å². The summed E-state index contributed by atoms with van der Waals surface area (Å²) < 4.78 is 11.4. The van der Waals surface area contributed by atoms with Crippen LogP contribution in [0.5, 0.6) is 11.5 Å². The average molecular weight is 306 g/mol. The number of rotatable bonds is 6. The molecule has 0 saturated heterocycles. The van der Waals surface area contributed by atoms with E-state index in [0.717, 1.165) is 22.6 Å². The molecule has 21 heavy (non-hydrogen) atoms. The molecule has 3 nitrogen and oxygen atoms in total. The van der Waals surface area contributed by atoms with Crippen molar-refractivity contribution in [3.8, 4) is 11.5 Å². The summed E-state index contributed by atoms with van der Waals surface area (Å²) in [6.07, 6.45) is 0. The second kappa shape index (κ2) is 7.34. The first kappa shape index (κ1) is 15.7. The minimum absolute atomic E-state index is 0.258. The van der Waals surface area contributed by atoms with E-state index in [1.165, 1.54) is 0 Å².